The molecule has 1 aromatic rings. The molecule has 1 amide bonds. The molecule has 3 rings (SSSR count). The van der Waals surface area contributed by atoms with Gasteiger partial charge in [-0.2, -0.15) is 0 Å². The van der Waals surface area contributed by atoms with Crippen LogP contribution in [0.3, 0.4) is 0 Å². The Bertz CT molecular complexity index is 712. The van der Waals surface area contributed by atoms with Crippen molar-refractivity contribution >= 4 is 23.7 Å². The zero-order valence-electron chi connectivity index (χ0n) is 14.4. The van der Waals surface area contributed by atoms with E-state index in [-0.39, 0.29) is 6.09 Å². The van der Waals surface area contributed by atoms with Gasteiger partial charge in [0.1, 0.15) is 0 Å². The third-order valence-electron chi connectivity index (χ3n) is 4.47. The van der Waals surface area contributed by atoms with Crippen molar-refractivity contribution in [2.75, 3.05) is 26.8 Å². The number of piperidine rings is 1. The minimum atomic E-state index is -0.880. The average molecular weight is 370 g/mol. The molecule has 0 radical (unpaired) electrons. The summed E-state index contributed by atoms with van der Waals surface area (Å²) in [6.45, 7) is 4.77. The highest BCUT2D eigenvalue weighted by Crippen LogP contribution is 2.50. The molecule has 2 aliphatic rings. The average Bonchev–Trinajstić information content (AvgIpc) is 2.98. The Balaban J connectivity index is 1.80. The van der Waals surface area contributed by atoms with Crippen molar-refractivity contribution in [3.8, 4) is 11.5 Å². The Morgan fingerprint density at radius 3 is 2.52 bits per heavy atom. The number of rotatable bonds is 2. The molecule has 0 aromatic heterocycles. The molecular formula is C17H20ClNO6. The van der Waals surface area contributed by atoms with Gasteiger partial charge in [-0.1, -0.05) is 11.6 Å². The van der Waals surface area contributed by atoms with E-state index in [1.165, 1.54) is 13.2 Å². The highest BCUT2D eigenvalue weighted by molar-refractivity contribution is 6.32. The summed E-state index contributed by atoms with van der Waals surface area (Å²) in [5.41, 5.74) is 0.965. The van der Waals surface area contributed by atoms with E-state index >= 15 is 0 Å². The molecule has 0 aliphatic carbocycles. The summed E-state index contributed by atoms with van der Waals surface area (Å²) in [5, 5.41) is 0.297. The van der Waals surface area contributed by atoms with Crippen LogP contribution in [-0.2, 0) is 9.47 Å². The van der Waals surface area contributed by atoms with Gasteiger partial charge in [-0.15, -0.1) is 0 Å². The minimum Gasteiger partial charge on any atom is -0.465 e. The number of halogens is 1. The van der Waals surface area contributed by atoms with E-state index in [1.807, 2.05) is 0 Å². The van der Waals surface area contributed by atoms with Crippen LogP contribution in [0.1, 0.15) is 35.7 Å². The number of hydrogen-bond donors (Lipinski definition) is 0. The number of carbonyl (C=O) groups is 2. The summed E-state index contributed by atoms with van der Waals surface area (Å²) in [4.78, 5) is 25.4. The predicted octanol–water partition coefficient (Wildman–Crippen LogP) is 3.15. The number of ether oxygens (including phenoxy) is 4. The van der Waals surface area contributed by atoms with E-state index in [9.17, 15) is 9.59 Å². The van der Waals surface area contributed by atoms with Crippen LogP contribution in [-0.4, -0.2) is 49.6 Å². The summed E-state index contributed by atoms with van der Waals surface area (Å²) >= 11 is 6.27. The van der Waals surface area contributed by atoms with E-state index in [4.69, 9.17) is 30.5 Å². The van der Waals surface area contributed by atoms with Crippen molar-refractivity contribution in [1.29, 1.82) is 0 Å². The van der Waals surface area contributed by atoms with E-state index in [2.05, 4.69) is 0 Å². The van der Waals surface area contributed by atoms with Gasteiger partial charge in [0.25, 0.3) is 5.79 Å². The van der Waals surface area contributed by atoms with E-state index in [0.717, 1.165) is 0 Å². The zero-order chi connectivity index (χ0) is 18.2. The second-order valence-corrected chi connectivity index (χ2v) is 6.39. The Kier molecular flexibility index (Phi) is 4.69. The van der Waals surface area contributed by atoms with Crippen LogP contribution in [0, 0.1) is 6.92 Å². The van der Waals surface area contributed by atoms with Crippen LogP contribution in [0.4, 0.5) is 4.79 Å². The van der Waals surface area contributed by atoms with Gasteiger partial charge in [-0.3, -0.25) is 0 Å². The molecule has 25 heavy (non-hydrogen) atoms. The molecular weight excluding hydrogens is 350 g/mol. The van der Waals surface area contributed by atoms with E-state index < -0.39 is 11.8 Å². The maximum Gasteiger partial charge on any atom is 0.409 e. The van der Waals surface area contributed by atoms with Gasteiger partial charge < -0.3 is 23.8 Å². The standard InChI is InChI=1S/C17H20ClNO6/c1-4-23-16(21)19-7-5-17(6-8-19)24-13-10(2)11(15(20)22-3)9-12(18)14(13)25-17/h9H,4-8H2,1-3H3. The Labute approximate surface area is 150 Å². The quantitative estimate of drug-likeness (QED) is 0.745. The maximum atomic E-state index is 11.9. The molecule has 0 saturated carbocycles. The molecule has 0 bridgehead atoms. The van der Waals surface area contributed by atoms with Gasteiger partial charge in [0.15, 0.2) is 11.5 Å². The molecule has 1 fully saturated rings. The summed E-state index contributed by atoms with van der Waals surface area (Å²) in [6.07, 6.45) is 0.614. The maximum absolute atomic E-state index is 11.9. The topological polar surface area (TPSA) is 74.3 Å². The number of amides is 1. The van der Waals surface area contributed by atoms with Gasteiger partial charge >= 0.3 is 12.1 Å². The third-order valence-corrected chi connectivity index (χ3v) is 4.75. The summed E-state index contributed by atoms with van der Waals surface area (Å²) in [5.74, 6) is -0.480. The molecule has 136 valence electrons. The molecule has 1 aromatic carbocycles. The van der Waals surface area contributed by atoms with E-state index in [1.54, 1.807) is 18.7 Å². The molecule has 0 N–H and O–H groups in total. The lowest BCUT2D eigenvalue weighted by atomic mass is 10.0. The minimum absolute atomic E-state index is 0.297. The van der Waals surface area contributed by atoms with Gasteiger partial charge in [-0.25, -0.2) is 9.59 Å². The Morgan fingerprint density at radius 1 is 1.28 bits per heavy atom. The number of likely N-dealkylation sites (tertiary alicyclic amines) is 1. The van der Waals surface area contributed by atoms with Crippen molar-refractivity contribution in [3.63, 3.8) is 0 Å². The van der Waals surface area contributed by atoms with Gasteiger partial charge in [-0.05, 0) is 19.9 Å². The highest BCUT2D eigenvalue weighted by atomic mass is 35.5. The number of hydrogen-bond acceptors (Lipinski definition) is 6. The Morgan fingerprint density at radius 2 is 1.92 bits per heavy atom. The fourth-order valence-electron chi connectivity index (χ4n) is 3.08. The van der Waals surface area contributed by atoms with Crippen LogP contribution in [0.15, 0.2) is 6.07 Å². The number of nitrogens with zero attached hydrogens (tertiary/aromatic N) is 1. The number of esters is 1. The monoisotopic (exact) mass is 369 g/mol. The lowest BCUT2D eigenvalue weighted by Crippen LogP contribution is -2.51. The number of benzene rings is 1. The fourth-order valence-corrected chi connectivity index (χ4v) is 3.32. The van der Waals surface area contributed by atoms with Gasteiger partial charge in [0.05, 0.1) is 24.3 Å². The van der Waals surface area contributed by atoms with Crippen LogP contribution < -0.4 is 9.47 Å². The zero-order valence-corrected chi connectivity index (χ0v) is 15.1. The second kappa shape index (κ2) is 6.63. The van der Waals surface area contributed by atoms with Crippen molar-refractivity contribution in [3.05, 3.63) is 22.2 Å². The fraction of sp³-hybridized carbons (Fsp3) is 0.529. The first-order valence-corrected chi connectivity index (χ1v) is 8.49. The summed E-state index contributed by atoms with van der Waals surface area (Å²) in [6, 6.07) is 1.53. The number of carbonyl (C=O) groups excluding carboxylic acids is 2. The predicted molar refractivity (Wildman–Crippen MR) is 89.3 cm³/mol. The highest BCUT2D eigenvalue weighted by Gasteiger charge is 2.47. The lowest BCUT2D eigenvalue weighted by molar-refractivity contribution is -0.115. The first-order valence-electron chi connectivity index (χ1n) is 8.12. The van der Waals surface area contributed by atoms with Gasteiger partial charge in [0, 0.05) is 31.5 Å². The number of fused-ring (bicyclic) bond motifs is 1. The number of methoxy groups -OCH3 is 1. The second-order valence-electron chi connectivity index (χ2n) is 5.98. The molecule has 0 unspecified atom stereocenters. The van der Waals surface area contributed by atoms with Crippen LogP contribution in [0.5, 0.6) is 11.5 Å². The summed E-state index contributed by atoms with van der Waals surface area (Å²) < 4.78 is 21.9. The smallest absolute Gasteiger partial charge is 0.409 e. The molecule has 2 aliphatic heterocycles. The van der Waals surface area contributed by atoms with Crippen LogP contribution in [0.25, 0.3) is 0 Å². The molecule has 1 saturated heterocycles. The van der Waals surface area contributed by atoms with Crippen LogP contribution >= 0.6 is 11.6 Å². The van der Waals surface area contributed by atoms with Crippen molar-refractivity contribution in [2.45, 2.75) is 32.5 Å². The largest absolute Gasteiger partial charge is 0.465 e. The SMILES string of the molecule is CCOC(=O)N1CCC2(CC1)Oc1c(Cl)cc(C(=O)OC)c(C)c1O2. The Hall–Kier alpha value is -2.15. The lowest BCUT2D eigenvalue weighted by Gasteiger charge is -2.36. The molecule has 7 nitrogen and oxygen atoms in total. The van der Waals surface area contributed by atoms with Crippen LogP contribution in [0.2, 0.25) is 5.02 Å². The van der Waals surface area contributed by atoms with E-state index in [0.29, 0.717) is 60.2 Å². The van der Waals surface area contributed by atoms with Crippen molar-refractivity contribution in [2.24, 2.45) is 0 Å². The van der Waals surface area contributed by atoms with Gasteiger partial charge in [0.2, 0.25) is 0 Å². The molecule has 2 heterocycles. The van der Waals surface area contributed by atoms with Crippen molar-refractivity contribution in [1.82, 2.24) is 4.90 Å². The van der Waals surface area contributed by atoms with Crippen molar-refractivity contribution < 1.29 is 28.5 Å². The first-order chi connectivity index (χ1) is 11.9. The third kappa shape index (κ3) is 3.08. The molecule has 0 atom stereocenters. The molecule has 8 heteroatoms. The normalized spacial score (nSPS) is 17.5. The molecule has 1 spiro atoms. The summed E-state index contributed by atoms with van der Waals surface area (Å²) in [7, 11) is 1.31. The first kappa shape index (κ1) is 17.7.